The van der Waals surface area contributed by atoms with Crippen LogP contribution in [0.1, 0.15) is 47.0 Å². The molecule has 2 aliphatic rings. The van der Waals surface area contributed by atoms with E-state index in [0.717, 1.165) is 6.42 Å². The van der Waals surface area contributed by atoms with Gasteiger partial charge in [0.05, 0.1) is 11.2 Å². The van der Waals surface area contributed by atoms with E-state index in [2.05, 4.69) is 0 Å². The molecular weight excluding hydrogens is 280 g/mol. The Hall–Kier alpha value is -0.750. The van der Waals surface area contributed by atoms with E-state index in [1.54, 1.807) is 0 Å². The van der Waals surface area contributed by atoms with E-state index in [1.807, 2.05) is 13.8 Å². The van der Waals surface area contributed by atoms with Crippen LogP contribution in [0.4, 0.5) is 0 Å². The number of hydrogen-bond acceptors (Lipinski definition) is 5. The van der Waals surface area contributed by atoms with Crippen LogP contribution in [0, 0.1) is 16.7 Å². The first-order chi connectivity index (χ1) is 9.02. The summed E-state index contributed by atoms with van der Waals surface area (Å²) in [4.78, 5) is 23.4. The second-order valence-corrected chi connectivity index (χ2v) is 8.31. The average Bonchev–Trinajstić information content (AvgIpc) is 2.61. The molecule has 0 aromatic heterocycles. The molecule has 2 aliphatic carbocycles. The van der Waals surface area contributed by atoms with Gasteiger partial charge in [0.25, 0.3) is 10.1 Å². The molecule has 2 bridgehead atoms. The maximum absolute atomic E-state index is 12.3. The molecule has 20 heavy (non-hydrogen) atoms. The van der Waals surface area contributed by atoms with Gasteiger partial charge in [-0.1, -0.05) is 13.8 Å². The molecule has 0 heterocycles. The van der Waals surface area contributed by atoms with Crippen molar-refractivity contribution in [2.45, 2.75) is 53.1 Å². The molecule has 0 spiro atoms. The van der Waals surface area contributed by atoms with Gasteiger partial charge in [-0.3, -0.25) is 13.8 Å². The Balaban J connectivity index is 2.24. The van der Waals surface area contributed by atoms with E-state index >= 15 is 0 Å². The molecule has 0 aromatic carbocycles. The maximum atomic E-state index is 12.3. The van der Waals surface area contributed by atoms with Crippen LogP contribution in [-0.2, 0) is 23.9 Å². The number of fused-ring (bicyclic) bond motifs is 2. The lowest BCUT2D eigenvalue weighted by molar-refractivity contribution is -0.128. The minimum Gasteiger partial charge on any atom is -0.299 e. The third-order valence-electron chi connectivity index (χ3n) is 5.43. The van der Waals surface area contributed by atoms with E-state index < -0.39 is 21.6 Å². The normalized spacial score (nSPS) is 33.4. The maximum Gasteiger partial charge on any atom is 0.269 e. The van der Waals surface area contributed by atoms with Crippen LogP contribution in [0.2, 0.25) is 0 Å². The van der Waals surface area contributed by atoms with Gasteiger partial charge in [-0.2, -0.15) is 8.42 Å². The second-order valence-electron chi connectivity index (χ2n) is 6.72. The van der Waals surface area contributed by atoms with Crippen LogP contribution in [-0.4, -0.2) is 31.8 Å². The first-order valence-corrected chi connectivity index (χ1v) is 8.54. The van der Waals surface area contributed by atoms with Gasteiger partial charge >= 0.3 is 0 Å². The first-order valence-electron chi connectivity index (χ1n) is 6.96. The van der Waals surface area contributed by atoms with Crippen molar-refractivity contribution in [3.05, 3.63) is 0 Å². The number of rotatable bonds is 5. The molecule has 0 aliphatic heterocycles. The van der Waals surface area contributed by atoms with Crippen molar-refractivity contribution in [3.8, 4) is 0 Å². The molecule has 0 N–H and O–H groups in total. The summed E-state index contributed by atoms with van der Waals surface area (Å²) < 4.78 is 29.3. The van der Waals surface area contributed by atoms with Crippen molar-refractivity contribution < 1.29 is 22.2 Å². The fourth-order valence-electron chi connectivity index (χ4n) is 3.73. The molecule has 0 aromatic rings. The van der Waals surface area contributed by atoms with Gasteiger partial charge in [0.15, 0.2) is 5.78 Å². The highest BCUT2D eigenvalue weighted by Crippen LogP contribution is 2.64. The van der Waals surface area contributed by atoms with E-state index in [9.17, 15) is 18.0 Å². The largest absolute Gasteiger partial charge is 0.299 e. The minimum absolute atomic E-state index is 0.0291. The third-order valence-corrected chi connectivity index (χ3v) is 6.85. The Bertz CT molecular complexity index is 548. The highest BCUT2D eigenvalue weighted by Gasteiger charge is 2.65. The summed E-state index contributed by atoms with van der Waals surface area (Å²) in [5, 5.41) is 0. The summed E-state index contributed by atoms with van der Waals surface area (Å²) in [6.45, 7) is 6.64. The molecule has 6 heteroatoms. The summed E-state index contributed by atoms with van der Waals surface area (Å²) in [6, 6.07) is 0. The smallest absolute Gasteiger partial charge is 0.269 e. The van der Waals surface area contributed by atoms with Gasteiger partial charge < -0.3 is 0 Å². The van der Waals surface area contributed by atoms with Crippen LogP contribution in [0.3, 0.4) is 0 Å². The SMILES string of the molecule is CC(=O)C(C)OS(=O)(=O)CC12CCC(CC1=O)C2(C)C. The molecule has 3 atom stereocenters. The Morgan fingerprint density at radius 2 is 2.05 bits per heavy atom. The molecule has 2 rings (SSSR count). The lowest BCUT2D eigenvalue weighted by Crippen LogP contribution is -2.43. The van der Waals surface area contributed by atoms with E-state index in [4.69, 9.17) is 4.18 Å². The zero-order valence-corrected chi connectivity index (χ0v) is 13.2. The Labute approximate surface area is 120 Å². The minimum atomic E-state index is -3.90. The molecule has 5 nitrogen and oxygen atoms in total. The highest BCUT2D eigenvalue weighted by molar-refractivity contribution is 7.86. The van der Waals surface area contributed by atoms with E-state index in [1.165, 1.54) is 13.8 Å². The van der Waals surface area contributed by atoms with Gasteiger partial charge in [-0.15, -0.1) is 0 Å². The molecule has 0 saturated heterocycles. The van der Waals surface area contributed by atoms with Crippen molar-refractivity contribution in [2.24, 2.45) is 16.7 Å². The third kappa shape index (κ3) is 2.22. The Morgan fingerprint density at radius 3 is 2.45 bits per heavy atom. The second kappa shape index (κ2) is 4.63. The zero-order valence-electron chi connectivity index (χ0n) is 12.4. The van der Waals surface area contributed by atoms with Crippen molar-refractivity contribution in [2.75, 3.05) is 5.75 Å². The molecule has 2 fully saturated rings. The number of Topliss-reactive ketones (excluding diaryl/α,β-unsaturated/α-hetero) is 2. The first kappa shape index (κ1) is 15.6. The van der Waals surface area contributed by atoms with Gasteiger partial charge in [-0.05, 0) is 38.0 Å². The van der Waals surface area contributed by atoms with Crippen LogP contribution in [0.15, 0.2) is 0 Å². The Kier molecular flexibility index (Phi) is 3.62. The van der Waals surface area contributed by atoms with Crippen LogP contribution in [0.5, 0.6) is 0 Å². The lowest BCUT2D eigenvalue weighted by atomic mass is 9.70. The van der Waals surface area contributed by atoms with Crippen molar-refractivity contribution in [3.63, 3.8) is 0 Å². The molecule has 3 unspecified atom stereocenters. The van der Waals surface area contributed by atoms with E-state index in [-0.39, 0.29) is 28.7 Å². The van der Waals surface area contributed by atoms with Gasteiger partial charge in [0.1, 0.15) is 11.9 Å². The quantitative estimate of drug-likeness (QED) is 0.722. The number of ketones is 2. The van der Waals surface area contributed by atoms with Crippen LogP contribution < -0.4 is 0 Å². The zero-order chi connectivity index (χ0) is 15.3. The molecule has 0 amide bonds. The van der Waals surface area contributed by atoms with Gasteiger partial charge in [0.2, 0.25) is 0 Å². The molecule has 2 saturated carbocycles. The van der Waals surface area contributed by atoms with E-state index in [0.29, 0.717) is 12.8 Å². The van der Waals surface area contributed by atoms with Crippen molar-refractivity contribution in [1.82, 2.24) is 0 Å². The monoisotopic (exact) mass is 302 g/mol. The summed E-state index contributed by atoms with van der Waals surface area (Å²) in [5.41, 5.74) is -1.16. The van der Waals surface area contributed by atoms with Crippen molar-refractivity contribution >= 4 is 21.7 Å². The molecule has 114 valence electrons. The summed E-state index contributed by atoms with van der Waals surface area (Å²) >= 11 is 0. The number of carbonyl (C=O) groups excluding carboxylic acids is 2. The Morgan fingerprint density at radius 1 is 1.45 bits per heavy atom. The van der Waals surface area contributed by atoms with Gasteiger partial charge in [0, 0.05) is 6.42 Å². The van der Waals surface area contributed by atoms with Crippen LogP contribution >= 0.6 is 0 Å². The summed E-state index contributed by atoms with van der Waals surface area (Å²) in [7, 11) is -3.90. The lowest BCUT2D eigenvalue weighted by Gasteiger charge is -2.36. The summed E-state index contributed by atoms with van der Waals surface area (Å²) in [5.74, 6) is -0.357. The van der Waals surface area contributed by atoms with Crippen molar-refractivity contribution in [1.29, 1.82) is 0 Å². The van der Waals surface area contributed by atoms with Crippen LogP contribution in [0.25, 0.3) is 0 Å². The fourth-order valence-corrected chi connectivity index (χ4v) is 5.66. The fraction of sp³-hybridized carbons (Fsp3) is 0.857. The number of carbonyl (C=O) groups is 2. The molecule has 0 radical (unpaired) electrons. The summed E-state index contributed by atoms with van der Waals surface area (Å²) in [6.07, 6.45) is 0.954. The topological polar surface area (TPSA) is 77.5 Å². The molecular formula is C14H22O5S. The van der Waals surface area contributed by atoms with Gasteiger partial charge in [-0.25, -0.2) is 0 Å². The predicted molar refractivity (Wildman–Crippen MR) is 73.6 cm³/mol. The highest BCUT2D eigenvalue weighted by atomic mass is 32.2. The number of hydrogen-bond donors (Lipinski definition) is 0. The standard InChI is InChI=1S/C14H22O5S/c1-9(15)10(2)19-20(17,18)8-14-6-5-11(7-12(14)16)13(14,3)4/h10-11H,5-8H2,1-4H3. The predicted octanol–water partition coefficient (Wildman–Crippen LogP) is 1.71. The average molecular weight is 302 g/mol.